The topological polar surface area (TPSA) is 106 Å². The Labute approximate surface area is 102 Å². The molecule has 0 bridgehead atoms. The highest BCUT2D eigenvalue weighted by atomic mass is 32.2. The van der Waals surface area contributed by atoms with Crippen LogP contribution in [0.25, 0.3) is 0 Å². The molecule has 0 spiro atoms. The van der Waals surface area contributed by atoms with E-state index in [1.807, 2.05) is 0 Å². The van der Waals surface area contributed by atoms with Gasteiger partial charge in [0.15, 0.2) is 19.7 Å². The van der Waals surface area contributed by atoms with Gasteiger partial charge in [0.1, 0.15) is 0 Å². The SMILES string of the molecule is CCCS(=O)(=O)CCS(=O)(=O)CC(C)C(=O)O. The lowest BCUT2D eigenvalue weighted by Gasteiger charge is -2.07. The van der Waals surface area contributed by atoms with Crippen LogP contribution in [0.1, 0.15) is 20.3 Å². The molecule has 1 atom stereocenters. The van der Waals surface area contributed by atoms with Crippen LogP contribution in [0.4, 0.5) is 0 Å². The largest absolute Gasteiger partial charge is 0.481 e. The van der Waals surface area contributed by atoms with E-state index in [9.17, 15) is 21.6 Å². The summed E-state index contributed by atoms with van der Waals surface area (Å²) < 4.78 is 45.6. The van der Waals surface area contributed by atoms with E-state index >= 15 is 0 Å². The number of hydrogen-bond acceptors (Lipinski definition) is 5. The first-order chi connectivity index (χ1) is 7.59. The number of hydrogen-bond donors (Lipinski definition) is 1. The van der Waals surface area contributed by atoms with E-state index in [-0.39, 0.29) is 5.75 Å². The first kappa shape index (κ1) is 16.4. The van der Waals surface area contributed by atoms with Crippen molar-refractivity contribution >= 4 is 25.6 Å². The zero-order valence-electron chi connectivity index (χ0n) is 9.92. The molecule has 0 aliphatic carbocycles. The molecule has 6 nitrogen and oxygen atoms in total. The molecule has 17 heavy (non-hydrogen) atoms. The fourth-order valence-electron chi connectivity index (χ4n) is 1.20. The van der Waals surface area contributed by atoms with Gasteiger partial charge in [-0.25, -0.2) is 16.8 Å². The number of rotatable bonds is 8. The van der Waals surface area contributed by atoms with E-state index in [0.29, 0.717) is 6.42 Å². The summed E-state index contributed by atoms with van der Waals surface area (Å²) in [5, 5.41) is 8.57. The quantitative estimate of drug-likeness (QED) is 0.670. The second-order valence-electron chi connectivity index (χ2n) is 4.01. The molecule has 8 heteroatoms. The molecule has 0 aromatic heterocycles. The van der Waals surface area contributed by atoms with Crippen LogP contribution in [0, 0.1) is 5.92 Å². The van der Waals surface area contributed by atoms with E-state index in [0.717, 1.165) is 0 Å². The van der Waals surface area contributed by atoms with Crippen molar-refractivity contribution in [2.24, 2.45) is 5.92 Å². The van der Waals surface area contributed by atoms with Gasteiger partial charge in [0.25, 0.3) is 0 Å². The van der Waals surface area contributed by atoms with Gasteiger partial charge in [-0.15, -0.1) is 0 Å². The second kappa shape index (κ2) is 6.34. The standard InChI is InChI=1S/C9H18O6S2/c1-3-4-16(12,13)5-6-17(14,15)7-8(2)9(10)11/h8H,3-7H2,1-2H3,(H,10,11). The van der Waals surface area contributed by atoms with Crippen LogP contribution in [0.3, 0.4) is 0 Å². The third-order valence-corrected chi connectivity index (χ3v) is 6.09. The highest BCUT2D eigenvalue weighted by Gasteiger charge is 2.23. The highest BCUT2D eigenvalue weighted by Crippen LogP contribution is 2.04. The maximum Gasteiger partial charge on any atom is 0.307 e. The van der Waals surface area contributed by atoms with Gasteiger partial charge in [-0.05, 0) is 6.42 Å². The van der Waals surface area contributed by atoms with Crippen molar-refractivity contribution in [3.05, 3.63) is 0 Å². The molecular formula is C9H18O6S2. The van der Waals surface area contributed by atoms with Crippen LogP contribution >= 0.6 is 0 Å². The van der Waals surface area contributed by atoms with E-state index in [1.54, 1.807) is 6.92 Å². The number of carbonyl (C=O) groups is 1. The lowest BCUT2D eigenvalue weighted by molar-refractivity contribution is -0.140. The van der Waals surface area contributed by atoms with Gasteiger partial charge in [0, 0.05) is 5.75 Å². The summed E-state index contributed by atoms with van der Waals surface area (Å²) in [7, 11) is -6.98. The Morgan fingerprint density at radius 2 is 1.53 bits per heavy atom. The van der Waals surface area contributed by atoms with Crippen molar-refractivity contribution in [3.63, 3.8) is 0 Å². The molecule has 0 amide bonds. The molecule has 0 heterocycles. The third kappa shape index (κ3) is 7.32. The summed E-state index contributed by atoms with van der Waals surface area (Å²) in [6, 6.07) is 0. The smallest absolute Gasteiger partial charge is 0.307 e. The molecule has 0 radical (unpaired) electrons. The van der Waals surface area contributed by atoms with E-state index in [1.165, 1.54) is 6.92 Å². The van der Waals surface area contributed by atoms with E-state index < -0.39 is 48.8 Å². The molecule has 0 aliphatic heterocycles. The summed E-state index contributed by atoms with van der Waals surface area (Å²) in [6.45, 7) is 2.97. The van der Waals surface area contributed by atoms with Gasteiger partial charge in [0.05, 0.1) is 23.2 Å². The van der Waals surface area contributed by atoms with Gasteiger partial charge >= 0.3 is 5.97 Å². The Kier molecular flexibility index (Phi) is 6.11. The van der Waals surface area contributed by atoms with Crippen molar-refractivity contribution in [2.75, 3.05) is 23.0 Å². The molecule has 1 N–H and O–H groups in total. The fourth-order valence-corrected chi connectivity index (χ4v) is 5.13. The molecule has 0 saturated heterocycles. The van der Waals surface area contributed by atoms with E-state index in [4.69, 9.17) is 5.11 Å². The maximum absolute atomic E-state index is 11.5. The Bertz CT molecular complexity index is 448. The molecule has 1 unspecified atom stereocenters. The van der Waals surface area contributed by atoms with Crippen molar-refractivity contribution in [3.8, 4) is 0 Å². The number of carboxylic acid groups (broad SMARTS) is 1. The summed E-state index contributed by atoms with van der Waals surface area (Å²) >= 11 is 0. The summed E-state index contributed by atoms with van der Waals surface area (Å²) in [6.07, 6.45) is 0.438. The normalized spacial score (nSPS) is 14.5. The first-order valence-corrected chi connectivity index (χ1v) is 8.87. The second-order valence-corrected chi connectivity index (χ2v) is 8.54. The lowest BCUT2D eigenvalue weighted by Crippen LogP contribution is -2.26. The number of sulfone groups is 2. The molecule has 0 aliphatic rings. The van der Waals surface area contributed by atoms with Gasteiger partial charge in [0.2, 0.25) is 0 Å². The van der Waals surface area contributed by atoms with Crippen LogP contribution in [-0.2, 0) is 24.5 Å². The fraction of sp³-hybridized carbons (Fsp3) is 0.889. The van der Waals surface area contributed by atoms with Crippen LogP contribution < -0.4 is 0 Å². The monoisotopic (exact) mass is 286 g/mol. The predicted molar refractivity (Wildman–Crippen MR) is 64.4 cm³/mol. The maximum atomic E-state index is 11.5. The van der Waals surface area contributed by atoms with Gasteiger partial charge < -0.3 is 5.11 Å². The molecule has 0 rings (SSSR count). The van der Waals surface area contributed by atoms with Crippen LogP contribution in [0.5, 0.6) is 0 Å². The average molecular weight is 286 g/mol. The molecule has 0 fully saturated rings. The highest BCUT2D eigenvalue weighted by molar-refractivity contribution is 7.95. The van der Waals surface area contributed by atoms with Crippen molar-refractivity contribution in [1.82, 2.24) is 0 Å². The predicted octanol–water partition coefficient (Wildman–Crippen LogP) is -0.0533. The molecule has 0 aromatic carbocycles. The number of aliphatic carboxylic acids is 1. The summed E-state index contributed by atoms with van der Waals surface area (Å²) in [5.74, 6) is -3.73. The molecule has 102 valence electrons. The number of carboxylic acids is 1. The summed E-state index contributed by atoms with van der Waals surface area (Å²) in [5.41, 5.74) is 0. The van der Waals surface area contributed by atoms with Crippen LogP contribution in [0.15, 0.2) is 0 Å². The Hall–Kier alpha value is -0.630. The minimum Gasteiger partial charge on any atom is -0.481 e. The van der Waals surface area contributed by atoms with Gasteiger partial charge in [-0.2, -0.15) is 0 Å². The van der Waals surface area contributed by atoms with Gasteiger partial charge in [-0.3, -0.25) is 4.79 Å². The van der Waals surface area contributed by atoms with E-state index in [2.05, 4.69) is 0 Å². The van der Waals surface area contributed by atoms with Crippen LogP contribution in [0.2, 0.25) is 0 Å². The van der Waals surface area contributed by atoms with Crippen molar-refractivity contribution in [2.45, 2.75) is 20.3 Å². The van der Waals surface area contributed by atoms with Crippen molar-refractivity contribution in [1.29, 1.82) is 0 Å². The average Bonchev–Trinajstić information content (AvgIpc) is 2.14. The van der Waals surface area contributed by atoms with Gasteiger partial charge in [-0.1, -0.05) is 13.8 Å². The Morgan fingerprint density at radius 3 is 1.94 bits per heavy atom. The zero-order valence-corrected chi connectivity index (χ0v) is 11.6. The van der Waals surface area contributed by atoms with Crippen molar-refractivity contribution < 1.29 is 26.7 Å². The summed E-state index contributed by atoms with van der Waals surface area (Å²) in [4.78, 5) is 10.5. The Morgan fingerprint density at radius 1 is 1.06 bits per heavy atom. The van der Waals surface area contributed by atoms with Crippen LogP contribution in [-0.4, -0.2) is 50.9 Å². The third-order valence-electron chi connectivity index (χ3n) is 2.15. The minimum absolute atomic E-state index is 0.0446. The zero-order chi connectivity index (χ0) is 13.7. The first-order valence-electron chi connectivity index (χ1n) is 5.23. The molecular weight excluding hydrogens is 268 g/mol. The Balaban J connectivity index is 4.44. The lowest BCUT2D eigenvalue weighted by atomic mass is 10.2. The molecule has 0 saturated carbocycles. The molecule has 0 aromatic rings. The minimum atomic E-state index is -3.64.